The molecule has 1 aliphatic rings. The summed E-state index contributed by atoms with van der Waals surface area (Å²) in [4.78, 5) is 11.1. The van der Waals surface area contributed by atoms with Crippen LogP contribution in [0.3, 0.4) is 0 Å². The Labute approximate surface area is 105 Å². The second-order valence-corrected chi connectivity index (χ2v) is 4.59. The van der Waals surface area contributed by atoms with Gasteiger partial charge in [-0.1, -0.05) is 34.1 Å². The van der Waals surface area contributed by atoms with Crippen LogP contribution in [0.5, 0.6) is 0 Å². The quantitative estimate of drug-likeness (QED) is 0.716. The van der Waals surface area contributed by atoms with Crippen molar-refractivity contribution >= 4 is 6.16 Å². The number of hydrogen-bond acceptors (Lipinski definition) is 4. The molecule has 0 spiro atoms. The highest BCUT2D eigenvalue weighted by molar-refractivity contribution is 5.60. The van der Waals surface area contributed by atoms with E-state index in [0.29, 0.717) is 25.7 Å². The van der Waals surface area contributed by atoms with Crippen LogP contribution in [0, 0.1) is 5.92 Å². The molecule has 0 radical (unpaired) electrons. The van der Waals surface area contributed by atoms with Gasteiger partial charge in [0.15, 0.2) is 0 Å². The monoisotopic (exact) mass is 246 g/mol. The van der Waals surface area contributed by atoms with Crippen molar-refractivity contribution < 1.29 is 19.0 Å². The zero-order valence-electron chi connectivity index (χ0n) is 11.5. The van der Waals surface area contributed by atoms with Gasteiger partial charge in [0.25, 0.3) is 0 Å². The van der Waals surface area contributed by atoms with Crippen LogP contribution < -0.4 is 0 Å². The Hall–Kier alpha value is -0.770. The molecule has 1 aliphatic heterocycles. The van der Waals surface area contributed by atoms with Gasteiger partial charge >= 0.3 is 6.16 Å². The van der Waals surface area contributed by atoms with E-state index in [9.17, 15) is 4.79 Å². The van der Waals surface area contributed by atoms with E-state index in [4.69, 9.17) is 14.2 Å². The van der Waals surface area contributed by atoms with Gasteiger partial charge in [-0.05, 0) is 5.92 Å². The highest BCUT2D eigenvalue weighted by Gasteiger charge is 2.18. The molecule has 0 aromatic carbocycles. The minimum Gasteiger partial charge on any atom is -0.434 e. The van der Waals surface area contributed by atoms with Crippen LogP contribution in [0.15, 0.2) is 0 Å². The molecule has 0 amide bonds. The van der Waals surface area contributed by atoms with E-state index >= 15 is 0 Å². The first kappa shape index (κ1) is 16.2. The topological polar surface area (TPSA) is 44.8 Å². The van der Waals surface area contributed by atoms with Gasteiger partial charge in [0, 0.05) is 12.8 Å². The van der Waals surface area contributed by atoms with Gasteiger partial charge < -0.3 is 14.2 Å². The lowest BCUT2D eigenvalue weighted by molar-refractivity contribution is -0.0300. The maximum Gasteiger partial charge on any atom is 0.508 e. The summed E-state index contributed by atoms with van der Waals surface area (Å²) in [5.41, 5.74) is 0. The predicted molar refractivity (Wildman–Crippen MR) is 67.1 cm³/mol. The summed E-state index contributed by atoms with van der Waals surface area (Å²) in [5.74, 6) is 0.345. The maximum absolute atomic E-state index is 11.1. The molecule has 4 nitrogen and oxygen atoms in total. The van der Waals surface area contributed by atoms with Crippen molar-refractivity contribution in [1.82, 2.24) is 0 Å². The number of carbonyl (C=O) groups excluding carboxylic acids is 1. The lowest BCUT2D eigenvalue weighted by atomic mass is 10.2. The van der Waals surface area contributed by atoms with Gasteiger partial charge in [-0.25, -0.2) is 4.79 Å². The summed E-state index contributed by atoms with van der Waals surface area (Å²) >= 11 is 0. The van der Waals surface area contributed by atoms with Gasteiger partial charge in [0.1, 0.15) is 6.10 Å². The van der Waals surface area contributed by atoms with E-state index in [1.807, 2.05) is 13.8 Å². The third-order valence-corrected chi connectivity index (χ3v) is 1.97. The van der Waals surface area contributed by atoms with Gasteiger partial charge in [-0.15, -0.1) is 0 Å². The fraction of sp³-hybridized carbons (Fsp3) is 0.923. The van der Waals surface area contributed by atoms with Crippen molar-refractivity contribution in [2.24, 2.45) is 5.92 Å². The summed E-state index contributed by atoms with van der Waals surface area (Å²) in [5, 5.41) is 0. The van der Waals surface area contributed by atoms with Crippen LogP contribution in [0.1, 0.15) is 47.0 Å². The Balaban J connectivity index is 0.000000770. The van der Waals surface area contributed by atoms with E-state index in [1.165, 1.54) is 6.42 Å². The molecular weight excluding hydrogens is 220 g/mol. The second-order valence-electron chi connectivity index (χ2n) is 4.59. The van der Waals surface area contributed by atoms with Crippen LogP contribution in [0.25, 0.3) is 0 Å². The molecule has 0 atom stereocenters. The van der Waals surface area contributed by atoms with Crippen molar-refractivity contribution in [3.05, 3.63) is 0 Å². The Kier molecular flexibility index (Phi) is 9.92. The third kappa shape index (κ3) is 10.1. The predicted octanol–water partition coefficient (Wildman–Crippen LogP) is 3.39. The number of rotatable bonds is 3. The van der Waals surface area contributed by atoms with Crippen molar-refractivity contribution in [3.63, 3.8) is 0 Å². The SMILES string of the molecule is CC(C)COC(=O)OC1CCOCC1.CCC. The highest BCUT2D eigenvalue weighted by atomic mass is 16.7. The number of ether oxygens (including phenoxy) is 3. The largest absolute Gasteiger partial charge is 0.508 e. The molecule has 17 heavy (non-hydrogen) atoms. The highest BCUT2D eigenvalue weighted by Crippen LogP contribution is 2.11. The Bertz CT molecular complexity index is 186. The van der Waals surface area contributed by atoms with E-state index in [0.717, 1.165) is 12.8 Å². The van der Waals surface area contributed by atoms with Gasteiger partial charge in [-0.2, -0.15) is 0 Å². The second kappa shape index (κ2) is 10.4. The molecule has 1 saturated heterocycles. The first-order valence-corrected chi connectivity index (χ1v) is 6.51. The molecule has 1 heterocycles. The molecule has 0 aromatic heterocycles. The molecule has 0 N–H and O–H groups in total. The zero-order valence-corrected chi connectivity index (χ0v) is 11.5. The molecular formula is C13H26O4. The summed E-state index contributed by atoms with van der Waals surface area (Å²) in [6, 6.07) is 0. The standard InChI is InChI=1S/C10H18O4.C3H8/c1-8(2)7-13-10(11)14-9-3-5-12-6-4-9;1-3-2/h8-9H,3-7H2,1-2H3;3H2,1-2H3. The molecule has 0 saturated carbocycles. The minimum atomic E-state index is -0.550. The molecule has 1 fully saturated rings. The van der Waals surface area contributed by atoms with E-state index in [1.54, 1.807) is 0 Å². The maximum atomic E-state index is 11.1. The third-order valence-electron chi connectivity index (χ3n) is 1.97. The number of hydrogen-bond donors (Lipinski definition) is 0. The van der Waals surface area contributed by atoms with Gasteiger partial charge in [0.05, 0.1) is 19.8 Å². The summed E-state index contributed by atoms with van der Waals surface area (Å²) in [6.45, 7) is 9.98. The fourth-order valence-electron chi connectivity index (χ4n) is 1.20. The van der Waals surface area contributed by atoms with E-state index < -0.39 is 6.16 Å². The molecule has 0 unspecified atom stereocenters. The fourth-order valence-corrected chi connectivity index (χ4v) is 1.20. The van der Waals surface area contributed by atoms with Gasteiger partial charge in [0.2, 0.25) is 0 Å². The van der Waals surface area contributed by atoms with Crippen LogP contribution in [0.2, 0.25) is 0 Å². The molecule has 0 aromatic rings. The molecule has 1 rings (SSSR count). The normalized spacial score (nSPS) is 16.1. The lowest BCUT2D eigenvalue weighted by Crippen LogP contribution is -2.26. The Morgan fingerprint density at radius 2 is 1.82 bits per heavy atom. The van der Waals surface area contributed by atoms with Crippen molar-refractivity contribution in [2.45, 2.75) is 53.1 Å². The first-order valence-electron chi connectivity index (χ1n) is 6.51. The lowest BCUT2D eigenvalue weighted by Gasteiger charge is -2.21. The average molecular weight is 246 g/mol. The first-order chi connectivity index (χ1) is 8.10. The smallest absolute Gasteiger partial charge is 0.434 e. The zero-order chi connectivity index (χ0) is 13.1. The molecule has 102 valence electrons. The van der Waals surface area contributed by atoms with Crippen LogP contribution >= 0.6 is 0 Å². The van der Waals surface area contributed by atoms with Gasteiger partial charge in [-0.3, -0.25) is 0 Å². The Morgan fingerprint density at radius 3 is 2.29 bits per heavy atom. The van der Waals surface area contributed by atoms with Crippen LogP contribution in [-0.4, -0.2) is 32.1 Å². The summed E-state index contributed by atoms with van der Waals surface area (Å²) in [6.07, 6.45) is 2.22. The summed E-state index contributed by atoms with van der Waals surface area (Å²) < 4.78 is 15.2. The van der Waals surface area contributed by atoms with Crippen molar-refractivity contribution in [1.29, 1.82) is 0 Å². The van der Waals surface area contributed by atoms with Crippen molar-refractivity contribution in [3.8, 4) is 0 Å². The van der Waals surface area contributed by atoms with E-state index in [2.05, 4.69) is 13.8 Å². The van der Waals surface area contributed by atoms with Crippen LogP contribution in [-0.2, 0) is 14.2 Å². The van der Waals surface area contributed by atoms with E-state index in [-0.39, 0.29) is 6.10 Å². The minimum absolute atomic E-state index is 0.0246. The van der Waals surface area contributed by atoms with Crippen molar-refractivity contribution in [2.75, 3.05) is 19.8 Å². The number of carbonyl (C=O) groups is 1. The summed E-state index contributed by atoms with van der Waals surface area (Å²) in [7, 11) is 0. The molecule has 4 heteroatoms. The average Bonchev–Trinajstić information content (AvgIpc) is 2.29. The molecule has 0 bridgehead atoms. The van der Waals surface area contributed by atoms with Crippen LogP contribution in [0.4, 0.5) is 4.79 Å². The molecule has 0 aliphatic carbocycles. The Morgan fingerprint density at radius 1 is 1.29 bits per heavy atom.